The van der Waals surface area contributed by atoms with Crippen LogP contribution in [0.3, 0.4) is 0 Å². The first-order chi connectivity index (χ1) is 32.0. The summed E-state index contributed by atoms with van der Waals surface area (Å²) in [5.74, 6) is -0.893. The van der Waals surface area contributed by atoms with Gasteiger partial charge in [0.2, 0.25) is 0 Å². The van der Waals surface area contributed by atoms with E-state index in [1.807, 2.05) is 0 Å². The van der Waals surface area contributed by atoms with E-state index >= 15 is 0 Å². The van der Waals surface area contributed by atoms with Gasteiger partial charge in [0.1, 0.15) is 13.2 Å². The lowest BCUT2D eigenvalue weighted by Gasteiger charge is -2.18. The summed E-state index contributed by atoms with van der Waals surface area (Å²) in [6.45, 7) is 6.61. The maximum Gasteiger partial charge on any atom is 0.306 e. The van der Waals surface area contributed by atoms with Crippen LogP contribution in [0.5, 0.6) is 0 Å². The van der Waals surface area contributed by atoms with Crippen LogP contribution in [-0.2, 0) is 28.6 Å². The average Bonchev–Trinajstić information content (AvgIpc) is 3.30. The molecule has 0 rings (SSSR count). The van der Waals surface area contributed by atoms with Gasteiger partial charge >= 0.3 is 17.9 Å². The van der Waals surface area contributed by atoms with Gasteiger partial charge in [0, 0.05) is 19.3 Å². The fraction of sp³-hybridized carbons (Fsp3) is 0.814. The van der Waals surface area contributed by atoms with Crippen LogP contribution in [0.25, 0.3) is 0 Å². The van der Waals surface area contributed by atoms with Gasteiger partial charge in [-0.2, -0.15) is 0 Å². The molecular formula is C59H106O6. The molecule has 6 nitrogen and oxygen atoms in total. The van der Waals surface area contributed by atoms with Crippen molar-refractivity contribution in [1.29, 1.82) is 0 Å². The Labute approximate surface area is 403 Å². The number of carbonyl (C=O) groups excluding carboxylic acids is 3. The van der Waals surface area contributed by atoms with Gasteiger partial charge < -0.3 is 14.2 Å². The number of allylic oxidation sites excluding steroid dienone is 8. The van der Waals surface area contributed by atoms with E-state index in [9.17, 15) is 14.4 Å². The number of esters is 3. The molecule has 0 unspecified atom stereocenters. The minimum atomic E-state index is -0.783. The maximum absolute atomic E-state index is 12.8. The fourth-order valence-corrected chi connectivity index (χ4v) is 8.03. The number of rotatable bonds is 51. The smallest absolute Gasteiger partial charge is 0.306 e. The molecule has 0 aromatic carbocycles. The lowest BCUT2D eigenvalue weighted by molar-refractivity contribution is -0.167. The molecule has 0 amide bonds. The van der Waals surface area contributed by atoms with E-state index in [0.717, 1.165) is 83.5 Å². The van der Waals surface area contributed by atoms with Crippen molar-refractivity contribution in [3.05, 3.63) is 48.6 Å². The van der Waals surface area contributed by atoms with Crippen molar-refractivity contribution >= 4 is 17.9 Å². The zero-order valence-electron chi connectivity index (χ0n) is 43.3. The molecule has 0 saturated carbocycles. The van der Waals surface area contributed by atoms with E-state index in [4.69, 9.17) is 14.2 Å². The third kappa shape index (κ3) is 52.2. The Balaban J connectivity index is 4.35. The summed E-state index contributed by atoms with van der Waals surface area (Å²) < 4.78 is 16.8. The Morgan fingerprint density at radius 3 is 0.908 bits per heavy atom. The van der Waals surface area contributed by atoms with Crippen molar-refractivity contribution < 1.29 is 28.6 Å². The molecule has 0 aromatic heterocycles. The Hall–Kier alpha value is -2.63. The molecule has 1 atom stereocenters. The minimum Gasteiger partial charge on any atom is -0.462 e. The molecule has 0 aliphatic carbocycles. The van der Waals surface area contributed by atoms with Crippen molar-refractivity contribution in [2.75, 3.05) is 13.2 Å². The molecule has 65 heavy (non-hydrogen) atoms. The van der Waals surface area contributed by atoms with Gasteiger partial charge in [-0.25, -0.2) is 0 Å². The lowest BCUT2D eigenvalue weighted by atomic mass is 10.1. The van der Waals surface area contributed by atoms with Gasteiger partial charge in [0.05, 0.1) is 0 Å². The molecule has 0 fully saturated rings. The highest BCUT2D eigenvalue weighted by Crippen LogP contribution is 2.15. The third-order valence-electron chi connectivity index (χ3n) is 12.3. The minimum absolute atomic E-state index is 0.0802. The van der Waals surface area contributed by atoms with Crippen LogP contribution >= 0.6 is 0 Å². The number of unbranched alkanes of at least 4 members (excludes halogenated alkanes) is 32. The highest BCUT2D eigenvalue weighted by molar-refractivity contribution is 5.71. The zero-order chi connectivity index (χ0) is 47.2. The Morgan fingerprint density at radius 1 is 0.308 bits per heavy atom. The fourth-order valence-electron chi connectivity index (χ4n) is 8.03. The average molecular weight is 911 g/mol. The Bertz CT molecular complexity index is 1140. The Morgan fingerprint density at radius 2 is 0.554 bits per heavy atom. The zero-order valence-corrected chi connectivity index (χ0v) is 43.3. The maximum atomic E-state index is 12.8. The summed E-state index contributed by atoms with van der Waals surface area (Å²) in [7, 11) is 0. The van der Waals surface area contributed by atoms with E-state index in [0.29, 0.717) is 19.3 Å². The quantitative estimate of drug-likeness (QED) is 0.0262. The van der Waals surface area contributed by atoms with Crippen LogP contribution in [0.4, 0.5) is 0 Å². The Kier molecular flexibility index (Phi) is 51.8. The summed E-state index contributed by atoms with van der Waals surface area (Å²) in [6, 6.07) is 0. The van der Waals surface area contributed by atoms with Crippen LogP contribution < -0.4 is 0 Å². The van der Waals surface area contributed by atoms with E-state index < -0.39 is 6.10 Å². The van der Waals surface area contributed by atoms with Crippen molar-refractivity contribution in [1.82, 2.24) is 0 Å². The molecule has 0 bridgehead atoms. The molecular weight excluding hydrogens is 805 g/mol. The van der Waals surface area contributed by atoms with Gasteiger partial charge in [0.25, 0.3) is 0 Å². The topological polar surface area (TPSA) is 78.9 Å². The largest absolute Gasteiger partial charge is 0.462 e. The first-order valence-electron chi connectivity index (χ1n) is 28.1. The van der Waals surface area contributed by atoms with Gasteiger partial charge in [-0.05, 0) is 83.5 Å². The molecule has 0 N–H and O–H groups in total. The number of hydrogen-bond donors (Lipinski definition) is 0. The highest BCUT2D eigenvalue weighted by atomic mass is 16.6. The van der Waals surface area contributed by atoms with Gasteiger partial charge in [-0.15, -0.1) is 0 Å². The summed E-state index contributed by atoms with van der Waals surface area (Å²) >= 11 is 0. The summed E-state index contributed by atoms with van der Waals surface area (Å²) in [4.78, 5) is 38.1. The lowest BCUT2D eigenvalue weighted by Crippen LogP contribution is -2.30. The molecule has 0 saturated heterocycles. The van der Waals surface area contributed by atoms with Crippen LogP contribution in [-0.4, -0.2) is 37.2 Å². The van der Waals surface area contributed by atoms with Gasteiger partial charge in [-0.1, -0.05) is 236 Å². The normalized spacial score (nSPS) is 12.4. The summed E-state index contributed by atoms with van der Waals surface area (Å²) in [6.07, 6.45) is 65.2. The second kappa shape index (κ2) is 54.0. The van der Waals surface area contributed by atoms with Crippen LogP contribution in [0, 0.1) is 0 Å². The van der Waals surface area contributed by atoms with E-state index in [1.165, 1.54) is 167 Å². The van der Waals surface area contributed by atoms with Crippen LogP contribution in [0.2, 0.25) is 0 Å². The number of carbonyl (C=O) groups is 3. The number of ether oxygens (including phenoxy) is 3. The van der Waals surface area contributed by atoms with E-state index in [-0.39, 0.29) is 31.1 Å². The molecule has 0 aliphatic heterocycles. The van der Waals surface area contributed by atoms with Crippen LogP contribution in [0.1, 0.15) is 290 Å². The van der Waals surface area contributed by atoms with E-state index in [1.54, 1.807) is 0 Å². The summed E-state index contributed by atoms with van der Waals surface area (Å²) in [5.41, 5.74) is 0. The monoisotopic (exact) mass is 911 g/mol. The third-order valence-corrected chi connectivity index (χ3v) is 12.3. The van der Waals surface area contributed by atoms with Crippen molar-refractivity contribution in [2.45, 2.75) is 297 Å². The molecule has 0 radical (unpaired) electrons. The highest BCUT2D eigenvalue weighted by Gasteiger charge is 2.19. The van der Waals surface area contributed by atoms with E-state index in [2.05, 4.69) is 69.4 Å². The standard InChI is InChI=1S/C59H106O6/c1-4-7-10-13-16-19-22-24-26-28-29-31-32-34-37-40-43-46-49-52-58(61)64-55-56(54-63-57(60)51-48-45-42-39-36-21-18-15-12-9-6-3)65-59(62)53-50-47-44-41-38-35-33-30-27-25-23-20-17-14-11-8-5-2/h17,20,24-27,33,35,56H,4-16,18-19,21-23,28-32,34,36-55H2,1-3H3/b20-17-,26-24-,27-25-,35-33-/t56-/m0/s1. The first kappa shape index (κ1) is 62.4. The van der Waals surface area contributed by atoms with Gasteiger partial charge in [0.15, 0.2) is 6.10 Å². The second-order valence-electron chi connectivity index (χ2n) is 18.8. The van der Waals surface area contributed by atoms with Gasteiger partial charge in [-0.3, -0.25) is 14.4 Å². The SMILES string of the molecule is CCCCC/C=C\C/C=C\C/C=C\CCCCCCC(=O)O[C@H](COC(=O)CCCCCCCCCCC/C=C\CCCCCCCC)COC(=O)CCCCCCCCCCCCC. The molecule has 0 aliphatic rings. The predicted molar refractivity (Wildman–Crippen MR) is 279 cm³/mol. The summed E-state index contributed by atoms with van der Waals surface area (Å²) in [5, 5.41) is 0. The van der Waals surface area contributed by atoms with Crippen LogP contribution in [0.15, 0.2) is 48.6 Å². The molecule has 0 heterocycles. The molecule has 0 spiro atoms. The van der Waals surface area contributed by atoms with Crippen molar-refractivity contribution in [3.8, 4) is 0 Å². The first-order valence-corrected chi connectivity index (χ1v) is 28.1. The molecule has 0 aromatic rings. The molecule has 6 heteroatoms. The van der Waals surface area contributed by atoms with Crippen molar-refractivity contribution in [2.24, 2.45) is 0 Å². The van der Waals surface area contributed by atoms with Crippen molar-refractivity contribution in [3.63, 3.8) is 0 Å². The second-order valence-corrected chi connectivity index (χ2v) is 18.8. The predicted octanol–water partition coefficient (Wildman–Crippen LogP) is 18.7. The molecule has 378 valence electrons. The number of hydrogen-bond acceptors (Lipinski definition) is 6.